The zero-order chi connectivity index (χ0) is 13.7. The highest BCUT2D eigenvalue weighted by Gasteiger charge is 2.14. The standard InChI is InChI=1S/C16H17BrFN/c1-19-11-14(12-5-3-2-4-6-12)9-13-10-15(17)7-8-16(13)18/h2-8,10,14,19H,9,11H2,1H3. The molecule has 100 valence electrons. The van der Waals surface area contributed by atoms with Crippen LogP contribution in [0.15, 0.2) is 53.0 Å². The Kier molecular flexibility index (Phi) is 5.11. The molecule has 1 nitrogen and oxygen atoms in total. The van der Waals surface area contributed by atoms with Crippen molar-refractivity contribution in [2.24, 2.45) is 0 Å². The van der Waals surface area contributed by atoms with Crippen molar-refractivity contribution < 1.29 is 4.39 Å². The number of hydrogen-bond donors (Lipinski definition) is 1. The molecule has 0 radical (unpaired) electrons. The van der Waals surface area contributed by atoms with Crippen LogP contribution in [-0.4, -0.2) is 13.6 Å². The van der Waals surface area contributed by atoms with Gasteiger partial charge in [-0.25, -0.2) is 4.39 Å². The molecule has 0 aromatic heterocycles. The Morgan fingerprint density at radius 1 is 1.16 bits per heavy atom. The van der Waals surface area contributed by atoms with Crippen molar-refractivity contribution in [3.05, 3.63) is 69.9 Å². The molecule has 0 fully saturated rings. The van der Waals surface area contributed by atoms with E-state index in [4.69, 9.17) is 0 Å². The zero-order valence-electron chi connectivity index (χ0n) is 10.9. The predicted octanol–water partition coefficient (Wildman–Crippen LogP) is 4.13. The number of rotatable bonds is 5. The van der Waals surface area contributed by atoms with Gasteiger partial charge in [-0.05, 0) is 42.8 Å². The molecule has 0 saturated heterocycles. The Balaban J connectivity index is 2.24. The highest BCUT2D eigenvalue weighted by molar-refractivity contribution is 9.10. The Morgan fingerprint density at radius 3 is 2.58 bits per heavy atom. The SMILES string of the molecule is CNCC(Cc1cc(Br)ccc1F)c1ccccc1. The van der Waals surface area contributed by atoms with Gasteiger partial charge in [-0.15, -0.1) is 0 Å². The molecule has 1 atom stereocenters. The van der Waals surface area contributed by atoms with Gasteiger partial charge in [0, 0.05) is 16.9 Å². The van der Waals surface area contributed by atoms with Crippen molar-refractivity contribution >= 4 is 15.9 Å². The minimum atomic E-state index is -0.139. The second-order valence-electron chi connectivity index (χ2n) is 4.61. The van der Waals surface area contributed by atoms with E-state index in [1.54, 1.807) is 6.07 Å². The summed E-state index contributed by atoms with van der Waals surface area (Å²) in [6.07, 6.45) is 0.691. The molecule has 0 heterocycles. The molecule has 19 heavy (non-hydrogen) atoms. The van der Waals surface area contributed by atoms with E-state index in [0.29, 0.717) is 6.42 Å². The molecule has 0 aliphatic rings. The van der Waals surface area contributed by atoms with E-state index in [-0.39, 0.29) is 11.7 Å². The van der Waals surface area contributed by atoms with Gasteiger partial charge >= 0.3 is 0 Å². The van der Waals surface area contributed by atoms with Gasteiger partial charge in [-0.2, -0.15) is 0 Å². The minimum absolute atomic E-state index is 0.139. The molecule has 2 aromatic carbocycles. The Hall–Kier alpha value is -1.19. The molecular formula is C16H17BrFN. The first kappa shape index (κ1) is 14.2. The van der Waals surface area contributed by atoms with E-state index in [2.05, 4.69) is 33.4 Å². The zero-order valence-corrected chi connectivity index (χ0v) is 12.5. The van der Waals surface area contributed by atoms with Gasteiger partial charge in [-0.1, -0.05) is 46.3 Å². The van der Waals surface area contributed by atoms with Crippen LogP contribution < -0.4 is 5.32 Å². The summed E-state index contributed by atoms with van der Waals surface area (Å²) >= 11 is 3.40. The normalized spacial score (nSPS) is 12.4. The van der Waals surface area contributed by atoms with Gasteiger partial charge < -0.3 is 5.32 Å². The Morgan fingerprint density at radius 2 is 1.89 bits per heavy atom. The van der Waals surface area contributed by atoms with Crippen molar-refractivity contribution in [3.8, 4) is 0 Å². The molecule has 2 aromatic rings. The molecule has 1 unspecified atom stereocenters. The number of benzene rings is 2. The van der Waals surface area contributed by atoms with Gasteiger partial charge in [-0.3, -0.25) is 0 Å². The highest BCUT2D eigenvalue weighted by atomic mass is 79.9. The summed E-state index contributed by atoms with van der Waals surface area (Å²) in [7, 11) is 1.92. The van der Waals surface area contributed by atoms with Crippen LogP contribution in [0.4, 0.5) is 4.39 Å². The van der Waals surface area contributed by atoms with Crippen molar-refractivity contribution in [2.45, 2.75) is 12.3 Å². The molecule has 0 amide bonds. The van der Waals surface area contributed by atoms with E-state index in [9.17, 15) is 4.39 Å². The number of likely N-dealkylation sites (N-methyl/N-ethyl adjacent to an activating group) is 1. The lowest BCUT2D eigenvalue weighted by molar-refractivity contribution is 0.574. The van der Waals surface area contributed by atoms with Crippen molar-refractivity contribution in [2.75, 3.05) is 13.6 Å². The molecule has 3 heteroatoms. The maximum atomic E-state index is 13.8. The number of hydrogen-bond acceptors (Lipinski definition) is 1. The second-order valence-corrected chi connectivity index (χ2v) is 5.52. The average molecular weight is 322 g/mol. The first-order chi connectivity index (χ1) is 9.20. The van der Waals surface area contributed by atoms with Crippen LogP contribution in [-0.2, 0) is 6.42 Å². The maximum absolute atomic E-state index is 13.8. The molecule has 2 rings (SSSR count). The summed E-state index contributed by atoms with van der Waals surface area (Å²) in [5.41, 5.74) is 1.98. The monoisotopic (exact) mass is 321 g/mol. The van der Waals surface area contributed by atoms with Crippen LogP contribution >= 0.6 is 15.9 Å². The van der Waals surface area contributed by atoms with Gasteiger partial charge in [0.25, 0.3) is 0 Å². The minimum Gasteiger partial charge on any atom is -0.319 e. The van der Waals surface area contributed by atoms with E-state index < -0.39 is 0 Å². The maximum Gasteiger partial charge on any atom is 0.126 e. The summed E-state index contributed by atoms with van der Waals surface area (Å²) in [6, 6.07) is 15.3. The second kappa shape index (κ2) is 6.83. The highest BCUT2D eigenvalue weighted by Crippen LogP contribution is 2.24. The molecule has 1 N–H and O–H groups in total. The average Bonchev–Trinajstić information content (AvgIpc) is 2.43. The van der Waals surface area contributed by atoms with Crippen LogP contribution in [0.5, 0.6) is 0 Å². The van der Waals surface area contributed by atoms with E-state index in [0.717, 1.165) is 16.6 Å². The van der Waals surface area contributed by atoms with Crippen LogP contribution in [0, 0.1) is 5.82 Å². The molecule has 0 bridgehead atoms. The summed E-state index contributed by atoms with van der Waals surface area (Å²) in [5, 5.41) is 3.19. The summed E-state index contributed by atoms with van der Waals surface area (Å²) in [6.45, 7) is 0.829. The molecule has 0 aliphatic heterocycles. The molecule has 0 aliphatic carbocycles. The smallest absolute Gasteiger partial charge is 0.126 e. The summed E-state index contributed by atoms with van der Waals surface area (Å²) in [4.78, 5) is 0. The molecular weight excluding hydrogens is 305 g/mol. The van der Waals surface area contributed by atoms with Crippen LogP contribution in [0.3, 0.4) is 0 Å². The molecule has 0 saturated carbocycles. The van der Waals surface area contributed by atoms with Gasteiger partial charge in [0.05, 0.1) is 0 Å². The Labute approximate surface area is 122 Å². The third kappa shape index (κ3) is 3.88. The van der Waals surface area contributed by atoms with Crippen LogP contribution in [0.2, 0.25) is 0 Å². The predicted molar refractivity (Wildman–Crippen MR) is 80.9 cm³/mol. The van der Waals surface area contributed by atoms with E-state index in [1.165, 1.54) is 11.6 Å². The quantitative estimate of drug-likeness (QED) is 0.873. The number of halogens is 2. The first-order valence-corrected chi connectivity index (χ1v) is 7.13. The van der Waals surface area contributed by atoms with Crippen LogP contribution in [0.25, 0.3) is 0 Å². The number of nitrogens with one attached hydrogen (secondary N) is 1. The topological polar surface area (TPSA) is 12.0 Å². The fourth-order valence-corrected chi connectivity index (χ4v) is 2.65. The van der Waals surface area contributed by atoms with Crippen molar-refractivity contribution in [1.29, 1.82) is 0 Å². The van der Waals surface area contributed by atoms with Crippen molar-refractivity contribution in [1.82, 2.24) is 5.32 Å². The van der Waals surface area contributed by atoms with Crippen molar-refractivity contribution in [3.63, 3.8) is 0 Å². The lowest BCUT2D eigenvalue weighted by Gasteiger charge is -2.17. The molecule has 0 spiro atoms. The van der Waals surface area contributed by atoms with Gasteiger partial charge in [0.15, 0.2) is 0 Å². The van der Waals surface area contributed by atoms with E-state index in [1.807, 2.05) is 31.3 Å². The Bertz CT molecular complexity index is 528. The fourth-order valence-electron chi connectivity index (χ4n) is 2.24. The van der Waals surface area contributed by atoms with Gasteiger partial charge in [0.2, 0.25) is 0 Å². The fraction of sp³-hybridized carbons (Fsp3) is 0.250. The third-order valence-electron chi connectivity index (χ3n) is 3.20. The summed E-state index contributed by atoms with van der Waals surface area (Å²) < 4.78 is 14.8. The third-order valence-corrected chi connectivity index (χ3v) is 3.69. The lowest BCUT2D eigenvalue weighted by atomic mass is 9.92. The largest absolute Gasteiger partial charge is 0.319 e. The van der Waals surface area contributed by atoms with E-state index >= 15 is 0 Å². The van der Waals surface area contributed by atoms with Crippen LogP contribution in [0.1, 0.15) is 17.0 Å². The first-order valence-electron chi connectivity index (χ1n) is 6.34. The lowest BCUT2D eigenvalue weighted by Crippen LogP contribution is -2.19. The van der Waals surface area contributed by atoms with Gasteiger partial charge in [0.1, 0.15) is 5.82 Å². The summed E-state index contributed by atoms with van der Waals surface area (Å²) in [5.74, 6) is 0.134.